The van der Waals surface area contributed by atoms with Crippen molar-refractivity contribution in [1.82, 2.24) is 0 Å². The topological polar surface area (TPSA) is 0 Å². The first kappa shape index (κ1) is 13.1. The van der Waals surface area contributed by atoms with Gasteiger partial charge in [-0.15, -0.1) is 6.58 Å². The van der Waals surface area contributed by atoms with Gasteiger partial charge in [0.1, 0.15) is 0 Å². The van der Waals surface area contributed by atoms with Gasteiger partial charge in [0, 0.05) is 8.07 Å². The summed E-state index contributed by atoms with van der Waals surface area (Å²) < 4.78 is 0. The second-order valence-electron chi connectivity index (χ2n) is 6.18. The predicted molar refractivity (Wildman–Crippen MR) is 85.0 cm³/mol. The third kappa shape index (κ3) is 2.91. The van der Waals surface area contributed by atoms with E-state index in [2.05, 4.69) is 74.8 Å². The Morgan fingerprint density at radius 1 is 1.06 bits per heavy atom. The minimum Gasteiger partial charge on any atom is -0.102 e. The van der Waals surface area contributed by atoms with Crippen LogP contribution in [0.1, 0.15) is 11.5 Å². The van der Waals surface area contributed by atoms with Gasteiger partial charge in [0.2, 0.25) is 0 Å². The van der Waals surface area contributed by atoms with E-state index in [-0.39, 0.29) is 0 Å². The summed E-state index contributed by atoms with van der Waals surface area (Å²) in [5.41, 5.74) is 1.44. The van der Waals surface area contributed by atoms with Gasteiger partial charge in [-0.25, -0.2) is 0 Å². The maximum atomic E-state index is 4.05. The molecule has 1 unspecified atom stereocenters. The summed E-state index contributed by atoms with van der Waals surface area (Å²) in [6.45, 7) is 11.3. The zero-order valence-corrected chi connectivity index (χ0v) is 12.6. The van der Waals surface area contributed by atoms with E-state index in [0.29, 0.717) is 5.92 Å². The van der Waals surface area contributed by atoms with E-state index < -0.39 is 8.07 Å². The Balaban J connectivity index is 2.48. The van der Waals surface area contributed by atoms with Gasteiger partial charge in [0.05, 0.1) is 0 Å². The molecular formula is C17H22Si. The van der Waals surface area contributed by atoms with E-state index in [1.54, 1.807) is 0 Å². The molecule has 0 radical (unpaired) electrons. The molecule has 1 heteroatoms. The number of fused-ring (bicyclic) bond motifs is 1. The third-order valence-corrected chi connectivity index (χ3v) is 5.00. The van der Waals surface area contributed by atoms with Crippen molar-refractivity contribution in [1.29, 1.82) is 0 Å². The molecular weight excluding hydrogens is 232 g/mol. The van der Waals surface area contributed by atoms with Crippen molar-refractivity contribution in [3.05, 3.63) is 60.7 Å². The van der Waals surface area contributed by atoms with Crippen LogP contribution in [0.3, 0.4) is 0 Å². The van der Waals surface area contributed by atoms with Gasteiger partial charge >= 0.3 is 0 Å². The molecule has 0 spiro atoms. The highest BCUT2D eigenvalue weighted by molar-refractivity contribution is 6.76. The van der Waals surface area contributed by atoms with Gasteiger partial charge in [-0.2, -0.15) is 0 Å². The number of allylic oxidation sites excluding steroid dienone is 1. The van der Waals surface area contributed by atoms with Crippen LogP contribution in [0.25, 0.3) is 10.8 Å². The Hall–Kier alpha value is -1.34. The van der Waals surface area contributed by atoms with Gasteiger partial charge in [-0.3, -0.25) is 0 Å². The maximum absolute atomic E-state index is 4.05. The SMILES string of the molecule is C=CC(C[Si](C)(C)C)c1cccc2ccccc12. The van der Waals surface area contributed by atoms with Crippen molar-refractivity contribution in [2.45, 2.75) is 31.6 Å². The number of hydrogen-bond acceptors (Lipinski definition) is 0. The fourth-order valence-corrected chi connectivity index (χ4v) is 4.26. The lowest BCUT2D eigenvalue weighted by molar-refractivity contribution is 0.953. The molecule has 2 rings (SSSR count). The second-order valence-corrected chi connectivity index (χ2v) is 11.7. The van der Waals surface area contributed by atoms with Crippen molar-refractivity contribution in [2.75, 3.05) is 0 Å². The molecule has 2 aromatic carbocycles. The first-order valence-corrected chi connectivity index (χ1v) is 10.3. The highest BCUT2D eigenvalue weighted by Gasteiger charge is 2.20. The lowest BCUT2D eigenvalue weighted by Gasteiger charge is -2.23. The predicted octanol–water partition coefficient (Wildman–Crippen LogP) is 5.45. The molecule has 0 aliphatic carbocycles. The molecule has 0 N–H and O–H groups in total. The molecule has 0 aliphatic heterocycles. The highest BCUT2D eigenvalue weighted by Crippen LogP contribution is 2.32. The minimum absolute atomic E-state index is 0.489. The molecule has 0 aromatic heterocycles. The fourth-order valence-electron chi connectivity index (χ4n) is 2.55. The standard InChI is InChI=1S/C17H22Si/c1-5-14(13-18(2,3)4)16-12-8-10-15-9-6-7-11-17(15)16/h5-12,14H,1,13H2,2-4H3. The Labute approximate surface area is 111 Å². The molecule has 0 fully saturated rings. The second kappa shape index (κ2) is 5.11. The first-order chi connectivity index (χ1) is 8.51. The summed E-state index contributed by atoms with van der Waals surface area (Å²) in [6.07, 6.45) is 2.13. The molecule has 2 aromatic rings. The average Bonchev–Trinajstić information content (AvgIpc) is 2.34. The van der Waals surface area contributed by atoms with E-state index in [4.69, 9.17) is 0 Å². The molecule has 1 atom stereocenters. The van der Waals surface area contributed by atoms with Crippen LogP contribution in [0.2, 0.25) is 25.7 Å². The van der Waals surface area contributed by atoms with E-state index in [1.165, 1.54) is 22.4 Å². The van der Waals surface area contributed by atoms with E-state index in [1.807, 2.05) is 0 Å². The minimum atomic E-state index is -1.08. The summed E-state index contributed by atoms with van der Waals surface area (Å²) in [5, 5.41) is 2.71. The number of hydrogen-bond donors (Lipinski definition) is 0. The number of rotatable bonds is 4. The van der Waals surface area contributed by atoms with Crippen LogP contribution in [0.5, 0.6) is 0 Å². The smallest absolute Gasteiger partial charge is 0.0451 e. The Morgan fingerprint density at radius 3 is 2.39 bits per heavy atom. The highest BCUT2D eigenvalue weighted by atomic mass is 28.3. The fraction of sp³-hybridized carbons (Fsp3) is 0.294. The van der Waals surface area contributed by atoms with Crippen LogP contribution in [0.4, 0.5) is 0 Å². The normalized spacial score (nSPS) is 13.5. The Bertz CT molecular complexity index is 544. The lowest BCUT2D eigenvalue weighted by atomic mass is 9.95. The first-order valence-electron chi connectivity index (χ1n) is 6.61. The van der Waals surface area contributed by atoms with Crippen LogP contribution in [0, 0.1) is 0 Å². The average molecular weight is 254 g/mol. The number of benzene rings is 2. The summed E-state index contributed by atoms with van der Waals surface area (Å²) in [5.74, 6) is 0.489. The van der Waals surface area contributed by atoms with Gasteiger partial charge in [-0.1, -0.05) is 68.2 Å². The summed E-state index contributed by atoms with van der Waals surface area (Å²) >= 11 is 0. The van der Waals surface area contributed by atoms with Crippen molar-refractivity contribution in [3.63, 3.8) is 0 Å². The molecule has 0 aliphatic rings. The van der Waals surface area contributed by atoms with Crippen molar-refractivity contribution >= 4 is 18.8 Å². The van der Waals surface area contributed by atoms with Gasteiger partial charge < -0.3 is 0 Å². The monoisotopic (exact) mass is 254 g/mol. The Morgan fingerprint density at radius 2 is 1.72 bits per heavy atom. The largest absolute Gasteiger partial charge is 0.102 e. The summed E-state index contributed by atoms with van der Waals surface area (Å²) in [4.78, 5) is 0. The van der Waals surface area contributed by atoms with Crippen LogP contribution in [-0.2, 0) is 0 Å². The molecule has 18 heavy (non-hydrogen) atoms. The van der Waals surface area contributed by atoms with Crippen LogP contribution >= 0.6 is 0 Å². The molecule has 94 valence electrons. The zero-order chi connectivity index (χ0) is 13.2. The van der Waals surface area contributed by atoms with Gasteiger partial charge in [-0.05, 0) is 28.3 Å². The van der Waals surface area contributed by atoms with E-state index in [0.717, 1.165) is 0 Å². The van der Waals surface area contributed by atoms with E-state index in [9.17, 15) is 0 Å². The maximum Gasteiger partial charge on any atom is 0.0451 e. The summed E-state index contributed by atoms with van der Waals surface area (Å²) in [7, 11) is -1.08. The quantitative estimate of drug-likeness (QED) is 0.503. The van der Waals surface area contributed by atoms with Crippen molar-refractivity contribution < 1.29 is 0 Å². The van der Waals surface area contributed by atoms with Crippen molar-refractivity contribution in [3.8, 4) is 0 Å². The summed E-state index contributed by atoms with van der Waals surface area (Å²) in [6, 6.07) is 16.5. The molecule has 0 saturated carbocycles. The zero-order valence-electron chi connectivity index (χ0n) is 11.6. The molecule has 0 saturated heterocycles. The van der Waals surface area contributed by atoms with Crippen LogP contribution in [0.15, 0.2) is 55.1 Å². The van der Waals surface area contributed by atoms with Crippen molar-refractivity contribution in [2.24, 2.45) is 0 Å². The molecule has 0 bridgehead atoms. The molecule has 0 amide bonds. The van der Waals surface area contributed by atoms with Crippen LogP contribution in [-0.4, -0.2) is 8.07 Å². The van der Waals surface area contributed by atoms with E-state index >= 15 is 0 Å². The molecule has 0 heterocycles. The Kier molecular flexibility index (Phi) is 3.72. The molecule has 0 nitrogen and oxygen atoms in total. The van der Waals surface area contributed by atoms with Gasteiger partial charge in [0.15, 0.2) is 0 Å². The van der Waals surface area contributed by atoms with Gasteiger partial charge in [0.25, 0.3) is 0 Å². The third-order valence-electron chi connectivity index (χ3n) is 3.34. The lowest BCUT2D eigenvalue weighted by Crippen LogP contribution is -2.22. The van der Waals surface area contributed by atoms with Crippen LogP contribution < -0.4 is 0 Å².